The zero-order chi connectivity index (χ0) is 15.2. The molecular formula is C14H23ClN4OS. The topological polar surface area (TPSA) is 58.1 Å². The number of hydrogen-bond acceptors (Lipinski definition) is 4. The van der Waals surface area contributed by atoms with E-state index in [9.17, 15) is 4.79 Å². The monoisotopic (exact) mass is 330 g/mol. The average molecular weight is 331 g/mol. The van der Waals surface area contributed by atoms with Crippen LogP contribution in [0.15, 0.2) is 0 Å². The van der Waals surface area contributed by atoms with Gasteiger partial charge in [0, 0.05) is 37.9 Å². The highest BCUT2D eigenvalue weighted by molar-refractivity contribution is 7.11. The molecule has 7 heteroatoms. The first-order chi connectivity index (χ1) is 10.1. The first-order valence-corrected chi connectivity index (χ1v) is 8.86. The van der Waals surface area contributed by atoms with Gasteiger partial charge in [-0.1, -0.05) is 13.8 Å². The van der Waals surface area contributed by atoms with Crippen LogP contribution in [0.3, 0.4) is 0 Å². The molecule has 0 aromatic carbocycles. The predicted octanol–water partition coefficient (Wildman–Crippen LogP) is 2.86. The summed E-state index contributed by atoms with van der Waals surface area (Å²) in [7, 11) is 0. The van der Waals surface area contributed by atoms with Gasteiger partial charge in [0.25, 0.3) is 0 Å². The number of alkyl halides is 1. The normalized spacial score (nSPS) is 19.0. The molecule has 1 fully saturated rings. The summed E-state index contributed by atoms with van der Waals surface area (Å²) < 4.78 is 0. The largest absolute Gasteiger partial charge is 0.337 e. The van der Waals surface area contributed by atoms with Crippen LogP contribution >= 0.6 is 22.9 Å². The summed E-state index contributed by atoms with van der Waals surface area (Å²) in [5.41, 5.74) is 0. The summed E-state index contributed by atoms with van der Waals surface area (Å²) in [5.74, 6) is 1.35. The first-order valence-electron chi connectivity index (χ1n) is 7.51. The highest BCUT2D eigenvalue weighted by Crippen LogP contribution is 2.29. The van der Waals surface area contributed by atoms with Gasteiger partial charge in [0.2, 0.25) is 0 Å². The molecule has 1 unspecified atom stereocenters. The Labute approximate surface area is 135 Å². The highest BCUT2D eigenvalue weighted by atomic mass is 35.5. The van der Waals surface area contributed by atoms with Crippen molar-refractivity contribution in [3.8, 4) is 0 Å². The third kappa shape index (κ3) is 4.81. The molecule has 0 saturated carbocycles. The molecule has 5 nitrogen and oxygen atoms in total. The van der Waals surface area contributed by atoms with Gasteiger partial charge in [-0.05, 0) is 18.8 Å². The minimum Gasteiger partial charge on any atom is -0.337 e. The molecule has 1 aromatic heterocycles. The van der Waals surface area contributed by atoms with Crippen molar-refractivity contribution in [2.75, 3.05) is 25.5 Å². The molecule has 0 spiro atoms. The molecule has 1 N–H and O–H groups in total. The number of halogens is 1. The number of hydrogen-bond donors (Lipinski definition) is 1. The van der Waals surface area contributed by atoms with Crippen LogP contribution in [0, 0.1) is 5.92 Å². The number of carbonyl (C=O) groups is 1. The van der Waals surface area contributed by atoms with Gasteiger partial charge in [0.1, 0.15) is 10.0 Å². The highest BCUT2D eigenvalue weighted by Gasteiger charge is 2.27. The van der Waals surface area contributed by atoms with E-state index in [4.69, 9.17) is 11.6 Å². The number of likely N-dealkylation sites (tertiary alicyclic amines) is 1. The predicted molar refractivity (Wildman–Crippen MR) is 86.1 cm³/mol. The molecule has 2 heterocycles. The second kappa shape index (κ2) is 7.94. The number of amides is 2. The van der Waals surface area contributed by atoms with Crippen LogP contribution in [0.25, 0.3) is 0 Å². The molecule has 1 atom stereocenters. The smallest absolute Gasteiger partial charge is 0.317 e. The van der Waals surface area contributed by atoms with Gasteiger partial charge in [-0.25, -0.2) is 4.79 Å². The van der Waals surface area contributed by atoms with Gasteiger partial charge in [-0.15, -0.1) is 33.1 Å². The SMILES string of the molecule is CC(C)Cc1nnc(C2CCCN(C(=O)NCCCl)C2)s1. The van der Waals surface area contributed by atoms with Crippen molar-refractivity contribution in [2.45, 2.75) is 39.0 Å². The fourth-order valence-electron chi connectivity index (χ4n) is 2.49. The van der Waals surface area contributed by atoms with Crippen molar-refractivity contribution >= 4 is 29.0 Å². The summed E-state index contributed by atoms with van der Waals surface area (Å²) in [5, 5.41) is 13.6. The lowest BCUT2D eigenvalue weighted by atomic mass is 9.99. The van der Waals surface area contributed by atoms with E-state index >= 15 is 0 Å². The minimum absolute atomic E-state index is 0.0210. The van der Waals surface area contributed by atoms with Crippen LogP contribution in [0.4, 0.5) is 4.79 Å². The molecule has 0 aliphatic carbocycles. The number of rotatable bonds is 5. The molecule has 0 radical (unpaired) electrons. The maximum absolute atomic E-state index is 12.0. The Morgan fingerprint density at radius 2 is 2.33 bits per heavy atom. The lowest BCUT2D eigenvalue weighted by Crippen LogP contribution is -2.45. The Kier molecular flexibility index (Phi) is 6.23. The average Bonchev–Trinajstić information content (AvgIpc) is 2.92. The van der Waals surface area contributed by atoms with Gasteiger partial charge in [-0.2, -0.15) is 0 Å². The second-order valence-corrected chi connectivity index (χ2v) is 7.31. The fraction of sp³-hybridized carbons (Fsp3) is 0.786. The summed E-state index contributed by atoms with van der Waals surface area (Å²) in [6, 6.07) is -0.0210. The maximum Gasteiger partial charge on any atom is 0.317 e. The Balaban J connectivity index is 1.94. The van der Waals surface area contributed by atoms with Crippen molar-refractivity contribution in [3.63, 3.8) is 0 Å². The Morgan fingerprint density at radius 3 is 3.05 bits per heavy atom. The standard InChI is InChI=1S/C14H23ClN4OS/c1-10(2)8-12-17-18-13(21-12)11-4-3-7-19(9-11)14(20)16-6-5-15/h10-11H,3-9H2,1-2H3,(H,16,20). The number of carbonyl (C=O) groups excluding carboxylic acids is 1. The van der Waals surface area contributed by atoms with Crippen LogP contribution < -0.4 is 5.32 Å². The number of nitrogens with zero attached hydrogens (tertiary/aromatic N) is 3. The van der Waals surface area contributed by atoms with Gasteiger partial charge < -0.3 is 10.2 Å². The van der Waals surface area contributed by atoms with E-state index in [1.54, 1.807) is 11.3 Å². The quantitative estimate of drug-likeness (QED) is 0.844. The van der Waals surface area contributed by atoms with Crippen LogP contribution in [0.2, 0.25) is 0 Å². The van der Waals surface area contributed by atoms with E-state index < -0.39 is 0 Å². The molecule has 118 valence electrons. The minimum atomic E-state index is -0.0210. The van der Waals surface area contributed by atoms with Gasteiger partial charge >= 0.3 is 6.03 Å². The maximum atomic E-state index is 12.0. The van der Waals surface area contributed by atoms with Gasteiger partial charge in [-0.3, -0.25) is 0 Å². The van der Waals surface area contributed by atoms with Crippen molar-refractivity contribution in [1.29, 1.82) is 0 Å². The van der Waals surface area contributed by atoms with Crippen molar-refractivity contribution in [2.24, 2.45) is 5.92 Å². The van der Waals surface area contributed by atoms with Crippen molar-refractivity contribution in [1.82, 2.24) is 20.4 Å². The van der Waals surface area contributed by atoms with E-state index in [2.05, 4.69) is 29.4 Å². The molecule has 1 aromatic rings. The number of aromatic nitrogens is 2. The van der Waals surface area contributed by atoms with E-state index in [1.165, 1.54) is 0 Å². The zero-order valence-corrected chi connectivity index (χ0v) is 14.2. The Morgan fingerprint density at radius 1 is 1.52 bits per heavy atom. The van der Waals surface area contributed by atoms with E-state index in [0.29, 0.717) is 24.3 Å². The molecule has 1 saturated heterocycles. The molecule has 2 amide bonds. The molecule has 2 rings (SSSR count). The summed E-state index contributed by atoms with van der Waals surface area (Å²) >= 11 is 7.30. The van der Waals surface area contributed by atoms with Crippen LogP contribution in [0.5, 0.6) is 0 Å². The summed E-state index contributed by atoms with van der Waals surface area (Å²) in [4.78, 5) is 13.9. The lowest BCUT2D eigenvalue weighted by molar-refractivity contribution is 0.180. The Hall–Kier alpha value is -0.880. The van der Waals surface area contributed by atoms with Gasteiger partial charge in [0.05, 0.1) is 0 Å². The third-order valence-corrected chi connectivity index (χ3v) is 4.79. The second-order valence-electron chi connectivity index (χ2n) is 5.84. The molecule has 1 aliphatic rings. The third-order valence-electron chi connectivity index (χ3n) is 3.49. The molecule has 0 bridgehead atoms. The number of urea groups is 1. The van der Waals surface area contributed by atoms with Crippen molar-refractivity contribution < 1.29 is 4.79 Å². The molecular weight excluding hydrogens is 308 g/mol. The van der Waals surface area contributed by atoms with E-state index in [0.717, 1.165) is 42.4 Å². The summed E-state index contributed by atoms with van der Waals surface area (Å²) in [6.07, 6.45) is 3.07. The van der Waals surface area contributed by atoms with E-state index in [1.807, 2.05) is 4.90 Å². The lowest BCUT2D eigenvalue weighted by Gasteiger charge is -2.31. The number of piperidine rings is 1. The molecule has 1 aliphatic heterocycles. The van der Waals surface area contributed by atoms with Crippen LogP contribution in [-0.4, -0.2) is 46.6 Å². The zero-order valence-electron chi connectivity index (χ0n) is 12.6. The van der Waals surface area contributed by atoms with Crippen LogP contribution in [0.1, 0.15) is 42.6 Å². The van der Waals surface area contributed by atoms with E-state index in [-0.39, 0.29) is 6.03 Å². The van der Waals surface area contributed by atoms with Gasteiger partial charge in [0.15, 0.2) is 0 Å². The van der Waals surface area contributed by atoms with Crippen molar-refractivity contribution in [3.05, 3.63) is 10.0 Å². The Bertz CT molecular complexity index is 466. The first kappa shape index (κ1) is 16.5. The van der Waals surface area contributed by atoms with Crippen LogP contribution in [-0.2, 0) is 6.42 Å². The number of nitrogens with one attached hydrogen (secondary N) is 1. The molecule has 21 heavy (non-hydrogen) atoms. The summed E-state index contributed by atoms with van der Waals surface area (Å²) in [6.45, 7) is 6.42. The fourth-order valence-corrected chi connectivity index (χ4v) is 3.77.